The lowest BCUT2D eigenvalue weighted by Crippen LogP contribution is -2.35. The first-order valence-corrected chi connectivity index (χ1v) is 10.0. The molecule has 6 nitrogen and oxygen atoms in total. The molecule has 0 atom stereocenters. The fourth-order valence-electron chi connectivity index (χ4n) is 3.25. The highest BCUT2D eigenvalue weighted by molar-refractivity contribution is 8.27. The molecular weight excluding hydrogens is 451 g/mol. The zero-order chi connectivity index (χ0) is 22.3. The van der Waals surface area contributed by atoms with Gasteiger partial charge in [-0.15, -0.1) is 0 Å². The van der Waals surface area contributed by atoms with Crippen LogP contribution in [0.3, 0.4) is 0 Å². The van der Waals surface area contributed by atoms with Gasteiger partial charge in [0.15, 0.2) is 0 Å². The first-order valence-electron chi connectivity index (χ1n) is 8.81. The smallest absolute Gasteiger partial charge is 0.325 e. The summed E-state index contributed by atoms with van der Waals surface area (Å²) < 4.78 is 38.9. The van der Waals surface area contributed by atoms with Crippen molar-refractivity contribution in [2.75, 3.05) is 16.8 Å². The Balaban J connectivity index is 1.60. The molecule has 0 radical (unpaired) electrons. The number of para-hydroxylation sites is 1. The average Bonchev–Trinajstić information content (AvgIpc) is 3.17. The Morgan fingerprint density at radius 3 is 2.55 bits per heavy atom. The number of hydrogen-bond donors (Lipinski definition) is 2. The Morgan fingerprint density at radius 1 is 1.13 bits per heavy atom. The molecule has 2 aromatic rings. The number of halogens is 3. The van der Waals surface area contributed by atoms with E-state index < -0.39 is 36.0 Å². The highest BCUT2D eigenvalue weighted by Gasteiger charge is 2.39. The molecule has 2 aromatic carbocycles. The number of thiocarbonyl (C=S) groups is 1. The Morgan fingerprint density at radius 2 is 1.87 bits per heavy atom. The number of fused-ring (bicyclic) bond motifs is 1. The number of nitrogens with one attached hydrogen (secondary N) is 2. The minimum Gasteiger partial charge on any atom is -0.325 e. The second kappa shape index (κ2) is 7.82. The van der Waals surface area contributed by atoms with Gasteiger partial charge in [-0.05, 0) is 24.3 Å². The quantitative estimate of drug-likeness (QED) is 0.538. The van der Waals surface area contributed by atoms with E-state index in [1.807, 2.05) is 0 Å². The van der Waals surface area contributed by atoms with Crippen molar-refractivity contribution in [1.29, 1.82) is 0 Å². The summed E-state index contributed by atoms with van der Waals surface area (Å²) in [5.41, 5.74) is 0.0708. The number of rotatable bonds is 3. The molecule has 2 heterocycles. The predicted molar refractivity (Wildman–Crippen MR) is 114 cm³/mol. The number of carbonyl (C=O) groups is 3. The average molecular weight is 463 g/mol. The van der Waals surface area contributed by atoms with E-state index in [2.05, 4.69) is 10.6 Å². The molecule has 4 rings (SSSR count). The minimum atomic E-state index is -4.55. The Hall–Kier alpha value is -3.18. The molecule has 0 unspecified atom stereocenters. The topological polar surface area (TPSA) is 78.5 Å². The molecule has 0 aromatic heterocycles. The molecule has 1 fully saturated rings. The summed E-state index contributed by atoms with van der Waals surface area (Å²) in [7, 11) is 0. The van der Waals surface area contributed by atoms with Crippen LogP contribution in [0.15, 0.2) is 53.4 Å². The molecule has 3 amide bonds. The number of hydrogen-bond acceptors (Lipinski definition) is 5. The third kappa shape index (κ3) is 4.06. The highest BCUT2D eigenvalue weighted by Crippen LogP contribution is 2.42. The van der Waals surface area contributed by atoms with Gasteiger partial charge in [-0.2, -0.15) is 13.2 Å². The van der Waals surface area contributed by atoms with Crippen LogP contribution in [-0.4, -0.2) is 28.6 Å². The molecule has 2 aliphatic heterocycles. The summed E-state index contributed by atoms with van der Waals surface area (Å²) in [6.07, 6.45) is -4.55. The van der Waals surface area contributed by atoms with Gasteiger partial charge >= 0.3 is 6.18 Å². The van der Waals surface area contributed by atoms with Gasteiger partial charge in [-0.25, -0.2) is 0 Å². The van der Waals surface area contributed by atoms with Crippen LogP contribution in [0, 0.1) is 0 Å². The van der Waals surface area contributed by atoms with Gasteiger partial charge in [0.1, 0.15) is 10.9 Å². The molecular formula is C20H12F3N3O3S2. The molecule has 31 heavy (non-hydrogen) atoms. The van der Waals surface area contributed by atoms with E-state index in [-0.39, 0.29) is 20.5 Å². The lowest BCUT2D eigenvalue weighted by molar-refractivity contribution is -0.137. The SMILES string of the molecule is O=C(CN1C(=O)/C(=C2/SC(=S)NC2=O)c2ccccc21)Nc1cccc(C(F)(F)F)c1. The van der Waals surface area contributed by atoms with Crippen molar-refractivity contribution in [3.05, 3.63) is 64.6 Å². The van der Waals surface area contributed by atoms with Gasteiger partial charge in [0, 0.05) is 11.3 Å². The number of thioether (sulfide) groups is 1. The summed E-state index contributed by atoms with van der Waals surface area (Å²) in [6.45, 7) is -0.445. The van der Waals surface area contributed by atoms with E-state index in [0.29, 0.717) is 11.3 Å². The monoisotopic (exact) mass is 463 g/mol. The van der Waals surface area contributed by atoms with Gasteiger partial charge in [0.05, 0.1) is 21.7 Å². The molecule has 0 bridgehead atoms. The number of nitrogens with zero attached hydrogens (tertiary/aromatic N) is 1. The second-order valence-corrected chi connectivity index (χ2v) is 8.27. The van der Waals surface area contributed by atoms with Gasteiger partial charge in [0.25, 0.3) is 11.8 Å². The zero-order valence-corrected chi connectivity index (χ0v) is 17.1. The van der Waals surface area contributed by atoms with E-state index in [0.717, 1.165) is 23.9 Å². The summed E-state index contributed by atoms with van der Waals surface area (Å²) in [5, 5.41) is 4.84. The molecule has 1 saturated heterocycles. The van der Waals surface area contributed by atoms with Crippen molar-refractivity contribution in [3.63, 3.8) is 0 Å². The Labute approximate surface area is 183 Å². The van der Waals surface area contributed by atoms with Crippen LogP contribution in [0.2, 0.25) is 0 Å². The molecule has 0 aliphatic carbocycles. The largest absolute Gasteiger partial charge is 0.416 e. The number of alkyl halides is 3. The van der Waals surface area contributed by atoms with Crippen molar-refractivity contribution >= 4 is 63.0 Å². The third-order valence-electron chi connectivity index (χ3n) is 4.54. The summed E-state index contributed by atoms with van der Waals surface area (Å²) >= 11 is 5.94. The molecule has 0 spiro atoms. The van der Waals surface area contributed by atoms with Crippen molar-refractivity contribution in [2.24, 2.45) is 0 Å². The van der Waals surface area contributed by atoms with Crippen LogP contribution in [0.5, 0.6) is 0 Å². The third-order valence-corrected chi connectivity index (χ3v) is 5.78. The number of carbonyl (C=O) groups excluding carboxylic acids is 3. The fourth-order valence-corrected chi connectivity index (χ4v) is 4.37. The first kappa shape index (κ1) is 21.1. The van der Waals surface area contributed by atoms with Crippen LogP contribution >= 0.6 is 24.0 Å². The van der Waals surface area contributed by atoms with Crippen LogP contribution in [0.25, 0.3) is 5.57 Å². The highest BCUT2D eigenvalue weighted by atomic mass is 32.2. The molecule has 2 aliphatic rings. The van der Waals surface area contributed by atoms with E-state index in [4.69, 9.17) is 12.2 Å². The molecule has 158 valence electrons. The van der Waals surface area contributed by atoms with E-state index in [9.17, 15) is 27.6 Å². The summed E-state index contributed by atoms with van der Waals surface area (Å²) in [5.74, 6) is -1.75. The number of benzene rings is 2. The van der Waals surface area contributed by atoms with E-state index in [1.54, 1.807) is 24.3 Å². The second-order valence-electron chi connectivity index (χ2n) is 6.58. The lowest BCUT2D eigenvalue weighted by atomic mass is 10.1. The maximum absolute atomic E-state index is 13.1. The fraction of sp³-hybridized carbons (Fsp3) is 0.100. The maximum Gasteiger partial charge on any atom is 0.416 e. The van der Waals surface area contributed by atoms with Crippen molar-refractivity contribution in [2.45, 2.75) is 6.18 Å². The predicted octanol–water partition coefficient (Wildman–Crippen LogP) is 3.55. The van der Waals surface area contributed by atoms with Crippen LogP contribution in [-0.2, 0) is 20.6 Å². The van der Waals surface area contributed by atoms with Crippen LogP contribution in [0.4, 0.5) is 24.5 Å². The van der Waals surface area contributed by atoms with Gasteiger partial charge in [0.2, 0.25) is 5.91 Å². The lowest BCUT2D eigenvalue weighted by Gasteiger charge is -2.17. The first-order chi connectivity index (χ1) is 14.6. The van der Waals surface area contributed by atoms with Gasteiger partial charge in [-0.3, -0.25) is 19.3 Å². The zero-order valence-electron chi connectivity index (χ0n) is 15.4. The molecule has 0 saturated carbocycles. The Kier molecular flexibility index (Phi) is 5.31. The number of amides is 3. The number of anilines is 2. The van der Waals surface area contributed by atoms with Crippen LogP contribution in [0.1, 0.15) is 11.1 Å². The summed E-state index contributed by atoms with van der Waals surface area (Å²) in [6, 6.07) is 10.8. The van der Waals surface area contributed by atoms with E-state index in [1.165, 1.54) is 17.0 Å². The maximum atomic E-state index is 13.1. The van der Waals surface area contributed by atoms with Crippen molar-refractivity contribution < 1.29 is 27.6 Å². The normalized spacial score (nSPS) is 18.3. The standard InChI is InChI=1S/C20H12F3N3O3S2/c21-20(22,23)10-4-3-5-11(8-10)24-14(27)9-26-13-7-2-1-6-12(13)15(18(26)29)16-17(28)25-19(30)31-16/h1-8H,9H2,(H,24,27)(H,25,28,30)/b16-15+. The van der Waals surface area contributed by atoms with Crippen molar-refractivity contribution in [3.8, 4) is 0 Å². The van der Waals surface area contributed by atoms with Crippen molar-refractivity contribution in [1.82, 2.24) is 5.32 Å². The Bertz CT molecular complexity index is 1180. The molecule has 2 N–H and O–H groups in total. The molecule has 11 heteroatoms. The van der Waals surface area contributed by atoms with Gasteiger partial charge in [-0.1, -0.05) is 48.2 Å². The summed E-state index contributed by atoms with van der Waals surface area (Å²) in [4.78, 5) is 39.1. The minimum absolute atomic E-state index is 0.0468. The van der Waals surface area contributed by atoms with E-state index >= 15 is 0 Å². The van der Waals surface area contributed by atoms with Gasteiger partial charge < -0.3 is 10.6 Å². The van der Waals surface area contributed by atoms with Crippen LogP contribution < -0.4 is 15.5 Å².